The third kappa shape index (κ3) is 3.89. The predicted molar refractivity (Wildman–Crippen MR) is 72.0 cm³/mol. The van der Waals surface area contributed by atoms with E-state index in [1.54, 1.807) is 0 Å². The number of rotatable bonds is 5. The summed E-state index contributed by atoms with van der Waals surface area (Å²) in [4.78, 5) is 14.7. The van der Waals surface area contributed by atoms with Crippen LogP contribution in [0.4, 0.5) is 0 Å². The number of carbonyl (C=O) groups excluding carboxylic acids is 1. The van der Waals surface area contributed by atoms with Gasteiger partial charge in [-0.15, -0.1) is 11.3 Å². The van der Waals surface area contributed by atoms with E-state index < -0.39 is 0 Å². The summed E-state index contributed by atoms with van der Waals surface area (Å²) in [6.45, 7) is 3.67. The van der Waals surface area contributed by atoms with Crippen LogP contribution in [0.1, 0.15) is 23.0 Å². The second-order valence-corrected chi connectivity index (χ2v) is 6.34. The van der Waals surface area contributed by atoms with Crippen molar-refractivity contribution in [3.63, 3.8) is 0 Å². The van der Waals surface area contributed by atoms with Crippen LogP contribution in [0.2, 0.25) is 0 Å². The molecular formula is C10H13Br2NOS. The van der Waals surface area contributed by atoms with Crippen molar-refractivity contribution in [2.75, 3.05) is 18.4 Å². The first kappa shape index (κ1) is 13.2. The fourth-order valence-electron chi connectivity index (χ4n) is 1.27. The number of amides is 1. The molecular weight excluding hydrogens is 342 g/mol. The molecule has 1 aromatic heterocycles. The van der Waals surface area contributed by atoms with Crippen molar-refractivity contribution in [1.82, 2.24) is 4.90 Å². The summed E-state index contributed by atoms with van der Waals surface area (Å²) >= 11 is 8.22. The smallest absolute Gasteiger partial charge is 0.263 e. The first-order chi connectivity index (χ1) is 7.19. The van der Waals surface area contributed by atoms with Crippen molar-refractivity contribution in [1.29, 1.82) is 0 Å². The Morgan fingerprint density at radius 1 is 1.47 bits per heavy atom. The zero-order valence-corrected chi connectivity index (χ0v) is 12.5. The Labute approximate surface area is 111 Å². The van der Waals surface area contributed by atoms with Gasteiger partial charge >= 0.3 is 0 Å². The minimum Gasteiger partial charge on any atom is -0.337 e. The number of thiophene rings is 1. The number of nitrogens with zero attached hydrogens (tertiary/aromatic N) is 1. The molecule has 0 atom stereocenters. The molecule has 84 valence electrons. The van der Waals surface area contributed by atoms with Gasteiger partial charge in [-0.2, -0.15) is 0 Å². The van der Waals surface area contributed by atoms with Gasteiger partial charge in [0.2, 0.25) is 0 Å². The average Bonchev–Trinajstić information content (AvgIpc) is 2.63. The number of carbonyl (C=O) groups is 1. The Balaban J connectivity index is 2.71. The van der Waals surface area contributed by atoms with Crippen molar-refractivity contribution >= 4 is 49.1 Å². The largest absolute Gasteiger partial charge is 0.337 e. The normalized spacial score (nSPS) is 10.3. The lowest BCUT2D eigenvalue weighted by atomic mass is 10.3. The number of hydrogen-bond donors (Lipinski definition) is 0. The highest BCUT2D eigenvalue weighted by molar-refractivity contribution is 9.11. The van der Waals surface area contributed by atoms with Gasteiger partial charge in [0.15, 0.2) is 0 Å². The van der Waals surface area contributed by atoms with Crippen LogP contribution in [0.5, 0.6) is 0 Å². The quantitative estimate of drug-likeness (QED) is 0.737. The summed E-state index contributed by atoms with van der Waals surface area (Å²) in [6, 6.07) is 3.78. The molecule has 0 aliphatic rings. The van der Waals surface area contributed by atoms with Crippen LogP contribution in [0.3, 0.4) is 0 Å². The molecule has 2 nitrogen and oxygen atoms in total. The first-order valence-corrected chi connectivity index (χ1v) is 7.52. The summed E-state index contributed by atoms with van der Waals surface area (Å²) in [5.74, 6) is 0.131. The second-order valence-electron chi connectivity index (χ2n) is 3.08. The molecule has 0 N–H and O–H groups in total. The van der Waals surface area contributed by atoms with Crippen LogP contribution < -0.4 is 0 Å². The van der Waals surface area contributed by atoms with Gasteiger partial charge in [0.1, 0.15) is 0 Å². The molecule has 0 fully saturated rings. The zero-order chi connectivity index (χ0) is 11.3. The van der Waals surface area contributed by atoms with E-state index in [1.807, 2.05) is 17.0 Å². The Hall–Kier alpha value is 0.130. The topological polar surface area (TPSA) is 20.3 Å². The van der Waals surface area contributed by atoms with E-state index in [4.69, 9.17) is 0 Å². The van der Waals surface area contributed by atoms with Crippen LogP contribution in [-0.4, -0.2) is 29.2 Å². The summed E-state index contributed by atoms with van der Waals surface area (Å²) in [7, 11) is 0. The number of hydrogen-bond acceptors (Lipinski definition) is 2. The van der Waals surface area contributed by atoms with Gasteiger partial charge < -0.3 is 4.90 Å². The highest BCUT2D eigenvalue weighted by Gasteiger charge is 2.15. The summed E-state index contributed by atoms with van der Waals surface area (Å²) < 4.78 is 1.00. The van der Waals surface area contributed by atoms with Gasteiger partial charge in [0, 0.05) is 18.4 Å². The van der Waals surface area contributed by atoms with E-state index >= 15 is 0 Å². The summed E-state index contributed by atoms with van der Waals surface area (Å²) in [5, 5.41) is 0.825. The first-order valence-electron chi connectivity index (χ1n) is 4.79. The lowest BCUT2D eigenvalue weighted by Crippen LogP contribution is -2.32. The van der Waals surface area contributed by atoms with E-state index in [2.05, 4.69) is 38.8 Å². The van der Waals surface area contributed by atoms with Crippen LogP contribution in [0, 0.1) is 0 Å². The predicted octanol–water partition coefficient (Wildman–Crippen LogP) is 3.76. The Kier molecular flexibility index (Phi) is 5.86. The monoisotopic (exact) mass is 353 g/mol. The molecule has 1 amide bonds. The van der Waals surface area contributed by atoms with Crippen molar-refractivity contribution in [3.8, 4) is 0 Å². The van der Waals surface area contributed by atoms with Gasteiger partial charge in [-0.05, 0) is 34.5 Å². The fourth-order valence-corrected chi connectivity index (χ4v) is 3.05. The molecule has 0 radical (unpaired) electrons. The standard InChI is InChI=1S/C10H13Br2NOS/c1-2-6-13(7-5-11)10(14)8-3-4-9(12)15-8/h3-4H,2,5-7H2,1H3. The second kappa shape index (κ2) is 6.66. The lowest BCUT2D eigenvalue weighted by Gasteiger charge is -2.20. The van der Waals surface area contributed by atoms with Crippen molar-refractivity contribution in [2.45, 2.75) is 13.3 Å². The molecule has 5 heteroatoms. The zero-order valence-electron chi connectivity index (χ0n) is 8.50. The average molecular weight is 355 g/mol. The van der Waals surface area contributed by atoms with E-state index in [0.717, 1.165) is 33.5 Å². The molecule has 1 heterocycles. The van der Waals surface area contributed by atoms with Crippen molar-refractivity contribution in [2.24, 2.45) is 0 Å². The molecule has 0 unspecified atom stereocenters. The van der Waals surface area contributed by atoms with E-state index in [9.17, 15) is 4.79 Å². The van der Waals surface area contributed by atoms with Crippen molar-refractivity contribution in [3.05, 3.63) is 20.8 Å². The molecule has 0 saturated carbocycles. The third-order valence-electron chi connectivity index (χ3n) is 1.92. The van der Waals surface area contributed by atoms with Gasteiger partial charge in [0.25, 0.3) is 5.91 Å². The van der Waals surface area contributed by atoms with Crippen LogP contribution in [-0.2, 0) is 0 Å². The molecule has 0 saturated heterocycles. The number of alkyl halides is 1. The lowest BCUT2D eigenvalue weighted by molar-refractivity contribution is 0.0771. The van der Waals surface area contributed by atoms with Crippen LogP contribution in [0.15, 0.2) is 15.9 Å². The third-order valence-corrected chi connectivity index (χ3v) is 3.89. The molecule has 15 heavy (non-hydrogen) atoms. The van der Waals surface area contributed by atoms with Gasteiger partial charge in [-0.3, -0.25) is 4.79 Å². The summed E-state index contributed by atoms with van der Waals surface area (Å²) in [5.41, 5.74) is 0. The van der Waals surface area contributed by atoms with Crippen LogP contribution in [0.25, 0.3) is 0 Å². The molecule has 0 aliphatic carbocycles. The molecule has 1 rings (SSSR count). The highest BCUT2D eigenvalue weighted by atomic mass is 79.9. The van der Waals surface area contributed by atoms with Gasteiger partial charge in [0.05, 0.1) is 8.66 Å². The Bertz CT molecular complexity index is 321. The molecule has 0 spiro atoms. The van der Waals surface area contributed by atoms with Crippen molar-refractivity contribution < 1.29 is 4.79 Å². The Morgan fingerprint density at radius 2 is 2.20 bits per heavy atom. The molecule has 1 aromatic rings. The van der Waals surface area contributed by atoms with E-state index in [-0.39, 0.29) is 5.91 Å². The maximum absolute atomic E-state index is 12.0. The van der Waals surface area contributed by atoms with E-state index in [1.165, 1.54) is 11.3 Å². The number of halogens is 2. The van der Waals surface area contributed by atoms with Crippen LogP contribution >= 0.6 is 43.2 Å². The van der Waals surface area contributed by atoms with E-state index in [0.29, 0.717) is 0 Å². The SMILES string of the molecule is CCCN(CCBr)C(=O)c1ccc(Br)s1. The molecule has 0 aliphatic heterocycles. The maximum Gasteiger partial charge on any atom is 0.263 e. The minimum atomic E-state index is 0.131. The fraction of sp³-hybridized carbons (Fsp3) is 0.500. The maximum atomic E-state index is 12.0. The molecule has 0 aromatic carbocycles. The molecule has 0 bridgehead atoms. The minimum absolute atomic E-state index is 0.131. The highest BCUT2D eigenvalue weighted by Crippen LogP contribution is 2.23. The van der Waals surface area contributed by atoms with Gasteiger partial charge in [-0.1, -0.05) is 22.9 Å². The Morgan fingerprint density at radius 3 is 2.67 bits per heavy atom. The van der Waals surface area contributed by atoms with Gasteiger partial charge in [-0.25, -0.2) is 0 Å². The summed E-state index contributed by atoms with van der Waals surface area (Å²) in [6.07, 6.45) is 0.991.